The van der Waals surface area contributed by atoms with Gasteiger partial charge in [0.1, 0.15) is 0 Å². The van der Waals surface area contributed by atoms with Gasteiger partial charge in [-0.25, -0.2) is 0 Å². The number of benzene rings is 1. The SMILES string of the molecule is O[B]C1=CC(c2ccccc2)=CCC1. The molecule has 0 unspecified atom stereocenters. The summed E-state index contributed by atoms with van der Waals surface area (Å²) < 4.78 is 0. The van der Waals surface area contributed by atoms with E-state index in [2.05, 4.69) is 18.2 Å². The summed E-state index contributed by atoms with van der Waals surface area (Å²) >= 11 is 0. The fourth-order valence-electron chi connectivity index (χ4n) is 1.66. The maximum Gasteiger partial charge on any atom is 0.322 e. The van der Waals surface area contributed by atoms with Crippen LogP contribution in [-0.2, 0) is 0 Å². The smallest absolute Gasteiger partial charge is 0.322 e. The molecule has 1 N–H and O–H groups in total. The van der Waals surface area contributed by atoms with Gasteiger partial charge in [-0.1, -0.05) is 48.0 Å². The molecule has 0 heterocycles. The van der Waals surface area contributed by atoms with Gasteiger partial charge in [0, 0.05) is 0 Å². The van der Waals surface area contributed by atoms with E-state index in [0.29, 0.717) is 0 Å². The third kappa shape index (κ3) is 1.96. The summed E-state index contributed by atoms with van der Waals surface area (Å²) in [7, 11) is 1.20. The second-order valence-electron chi connectivity index (χ2n) is 3.41. The summed E-state index contributed by atoms with van der Waals surface area (Å²) in [5.41, 5.74) is 3.43. The van der Waals surface area contributed by atoms with Crippen LogP contribution < -0.4 is 0 Å². The van der Waals surface area contributed by atoms with Gasteiger partial charge in [0.2, 0.25) is 0 Å². The van der Waals surface area contributed by atoms with Gasteiger partial charge in [-0.3, -0.25) is 0 Å². The zero-order valence-corrected chi connectivity index (χ0v) is 7.98. The van der Waals surface area contributed by atoms with Gasteiger partial charge in [0.05, 0.1) is 0 Å². The Kier molecular flexibility index (Phi) is 2.85. The lowest BCUT2D eigenvalue weighted by molar-refractivity contribution is 0.607. The molecule has 14 heavy (non-hydrogen) atoms. The van der Waals surface area contributed by atoms with E-state index in [1.54, 1.807) is 0 Å². The molecular weight excluding hydrogens is 171 g/mol. The first-order valence-corrected chi connectivity index (χ1v) is 4.84. The Morgan fingerprint density at radius 2 is 1.93 bits per heavy atom. The lowest BCUT2D eigenvalue weighted by Gasteiger charge is -2.11. The molecule has 0 bridgehead atoms. The predicted molar refractivity (Wildman–Crippen MR) is 59.7 cm³/mol. The normalized spacial score (nSPS) is 15.8. The van der Waals surface area contributed by atoms with Crippen molar-refractivity contribution >= 4 is 13.1 Å². The third-order valence-electron chi connectivity index (χ3n) is 2.41. The molecule has 0 saturated carbocycles. The van der Waals surface area contributed by atoms with Crippen LogP contribution in [0.1, 0.15) is 18.4 Å². The maximum absolute atomic E-state index is 8.94. The van der Waals surface area contributed by atoms with Crippen LogP contribution in [0, 0.1) is 0 Å². The average Bonchev–Trinajstić information content (AvgIpc) is 2.30. The van der Waals surface area contributed by atoms with Crippen LogP contribution >= 0.6 is 0 Å². The van der Waals surface area contributed by atoms with Gasteiger partial charge >= 0.3 is 7.48 Å². The number of hydrogen-bond donors (Lipinski definition) is 1. The maximum atomic E-state index is 8.94. The molecule has 69 valence electrons. The van der Waals surface area contributed by atoms with Crippen LogP contribution in [0.3, 0.4) is 0 Å². The highest BCUT2D eigenvalue weighted by molar-refractivity contribution is 6.37. The van der Waals surface area contributed by atoms with Crippen LogP contribution in [0.15, 0.2) is 48.0 Å². The van der Waals surface area contributed by atoms with E-state index in [-0.39, 0.29) is 0 Å². The van der Waals surface area contributed by atoms with Crippen molar-refractivity contribution < 1.29 is 5.02 Å². The molecule has 1 aromatic carbocycles. The summed E-state index contributed by atoms with van der Waals surface area (Å²) in [6.07, 6.45) is 6.20. The Balaban J connectivity index is 2.28. The van der Waals surface area contributed by atoms with Crippen molar-refractivity contribution in [3.05, 3.63) is 53.5 Å². The highest BCUT2D eigenvalue weighted by Crippen LogP contribution is 2.24. The fourth-order valence-corrected chi connectivity index (χ4v) is 1.66. The molecule has 1 aliphatic rings. The Bertz CT molecular complexity index is 365. The lowest BCUT2D eigenvalue weighted by atomic mass is 9.79. The van der Waals surface area contributed by atoms with E-state index in [4.69, 9.17) is 5.02 Å². The highest BCUT2D eigenvalue weighted by atomic mass is 16.2. The summed E-state index contributed by atoms with van der Waals surface area (Å²) in [5.74, 6) is 0. The molecule has 1 aromatic rings. The minimum absolute atomic E-state index is 0.937. The molecule has 0 atom stereocenters. The monoisotopic (exact) mass is 183 g/mol. The lowest BCUT2D eigenvalue weighted by Crippen LogP contribution is -1.99. The summed E-state index contributed by atoms with van der Waals surface area (Å²) in [4.78, 5) is 0. The molecule has 0 amide bonds. The Morgan fingerprint density at radius 1 is 1.14 bits per heavy atom. The van der Waals surface area contributed by atoms with Crippen LogP contribution in [-0.4, -0.2) is 12.5 Å². The van der Waals surface area contributed by atoms with Crippen LogP contribution in [0.25, 0.3) is 5.57 Å². The van der Waals surface area contributed by atoms with Crippen LogP contribution in [0.4, 0.5) is 0 Å². The number of hydrogen-bond acceptors (Lipinski definition) is 1. The van der Waals surface area contributed by atoms with E-state index in [1.807, 2.05) is 24.3 Å². The van der Waals surface area contributed by atoms with Gasteiger partial charge < -0.3 is 5.02 Å². The van der Waals surface area contributed by atoms with Crippen LogP contribution in [0.2, 0.25) is 0 Å². The fraction of sp³-hybridized carbons (Fsp3) is 0.167. The van der Waals surface area contributed by atoms with Crippen molar-refractivity contribution in [2.24, 2.45) is 0 Å². The topological polar surface area (TPSA) is 20.2 Å². The van der Waals surface area contributed by atoms with E-state index >= 15 is 0 Å². The minimum Gasteiger partial charge on any atom is -0.450 e. The molecule has 0 saturated heterocycles. The summed E-state index contributed by atoms with van der Waals surface area (Å²) in [5, 5.41) is 8.94. The van der Waals surface area contributed by atoms with Crippen molar-refractivity contribution in [2.75, 3.05) is 0 Å². The first kappa shape index (κ1) is 9.29. The summed E-state index contributed by atoms with van der Waals surface area (Å²) in [6.45, 7) is 0. The quantitative estimate of drug-likeness (QED) is 0.697. The van der Waals surface area contributed by atoms with Crippen molar-refractivity contribution in [2.45, 2.75) is 12.8 Å². The zero-order chi connectivity index (χ0) is 9.80. The van der Waals surface area contributed by atoms with E-state index in [9.17, 15) is 0 Å². The van der Waals surface area contributed by atoms with Crippen molar-refractivity contribution in [1.82, 2.24) is 0 Å². The molecule has 0 aromatic heterocycles. The standard InChI is InChI=1S/C12H12BO/c14-13-12-8-4-7-11(9-12)10-5-2-1-3-6-10/h1-3,5-7,9,14H,4,8H2. The van der Waals surface area contributed by atoms with E-state index < -0.39 is 0 Å². The second kappa shape index (κ2) is 4.29. The van der Waals surface area contributed by atoms with E-state index in [0.717, 1.165) is 18.3 Å². The first-order valence-electron chi connectivity index (χ1n) is 4.84. The first-order chi connectivity index (χ1) is 6.90. The summed E-state index contributed by atoms with van der Waals surface area (Å²) in [6, 6.07) is 10.2. The van der Waals surface area contributed by atoms with Gasteiger partial charge in [-0.05, 0) is 24.0 Å². The molecular formula is C12H12BO. The van der Waals surface area contributed by atoms with Gasteiger partial charge in [-0.2, -0.15) is 0 Å². The van der Waals surface area contributed by atoms with E-state index in [1.165, 1.54) is 18.6 Å². The average molecular weight is 183 g/mol. The molecule has 1 aliphatic carbocycles. The second-order valence-corrected chi connectivity index (χ2v) is 3.41. The number of allylic oxidation sites excluding steroid dienone is 4. The van der Waals surface area contributed by atoms with Gasteiger partial charge in [0.15, 0.2) is 0 Å². The molecule has 1 radical (unpaired) electrons. The largest absolute Gasteiger partial charge is 0.450 e. The number of rotatable bonds is 2. The predicted octanol–water partition coefficient (Wildman–Crippen LogP) is 2.36. The Morgan fingerprint density at radius 3 is 2.64 bits per heavy atom. The van der Waals surface area contributed by atoms with Gasteiger partial charge in [-0.15, -0.1) is 0 Å². The zero-order valence-electron chi connectivity index (χ0n) is 7.98. The minimum atomic E-state index is 0.937. The molecule has 0 fully saturated rings. The molecule has 0 spiro atoms. The Hall–Kier alpha value is -1.28. The van der Waals surface area contributed by atoms with Crippen molar-refractivity contribution in [3.63, 3.8) is 0 Å². The molecule has 1 nitrogen and oxygen atoms in total. The molecule has 2 rings (SSSR count). The molecule has 0 aliphatic heterocycles. The van der Waals surface area contributed by atoms with Crippen molar-refractivity contribution in [1.29, 1.82) is 0 Å². The third-order valence-corrected chi connectivity index (χ3v) is 2.41. The van der Waals surface area contributed by atoms with Gasteiger partial charge in [0.25, 0.3) is 0 Å². The molecule has 2 heteroatoms. The van der Waals surface area contributed by atoms with Crippen molar-refractivity contribution in [3.8, 4) is 0 Å². The highest BCUT2D eigenvalue weighted by Gasteiger charge is 2.06. The Labute approximate surface area is 85.1 Å². The van der Waals surface area contributed by atoms with Crippen LogP contribution in [0.5, 0.6) is 0 Å².